The first-order valence-corrected chi connectivity index (χ1v) is 8.23. The van der Waals surface area contributed by atoms with Gasteiger partial charge >= 0.3 is 0 Å². The van der Waals surface area contributed by atoms with E-state index in [0.29, 0.717) is 17.5 Å². The molecule has 2 aromatic carbocycles. The SMILES string of the molecule is CC(C)c1cccc(-c2[nH]c(C=O)c3ccccc23)c1C(C)C. The molecule has 0 bridgehead atoms. The minimum atomic E-state index is 0.422. The van der Waals surface area contributed by atoms with Crippen LogP contribution in [-0.4, -0.2) is 11.3 Å². The van der Waals surface area contributed by atoms with Crippen LogP contribution in [0, 0.1) is 0 Å². The maximum Gasteiger partial charge on any atom is 0.166 e. The van der Waals surface area contributed by atoms with Gasteiger partial charge in [-0.25, -0.2) is 0 Å². The van der Waals surface area contributed by atoms with Gasteiger partial charge in [0.25, 0.3) is 0 Å². The lowest BCUT2D eigenvalue weighted by molar-refractivity contribution is 0.112. The molecular formula is C21H23NO. The van der Waals surface area contributed by atoms with Crippen molar-refractivity contribution in [3.05, 3.63) is 59.3 Å². The van der Waals surface area contributed by atoms with Gasteiger partial charge in [0.1, 0.15) is 0 Å². The Labute approximate surface area is 137 Å². The Morgan fingerprint density at radius 3 is 2.17 bits per heavy atom. The van der Waals surface area contributed by atoms with E-state index in [4.69, 9.17) is 0 Å². The van der Waals surface area contributed by atoms with E-state index in [0.717, 1.165) is 22.8 Å². The molecule has 1 aromatic heterocycles. The van der Waals surface area contributed by atoms with Crippen molar-refractivity contribution >= 4 is 17.1 Å². The van der Waals surface area contributed by atoms with Crippen molar-refractivity contribution in [2.24, 2.45) is 0 Å². The molecule has 23 heavy (non-hydrogen) atoms. The molecule has 0 unspecified atom stereocenters. The Kier molecular flexibility index (Phi) is 4.08. The van der Waals surface area contributed by atoms with Gasteiger partial charge in [0, 0.05) is 16.3 Å². The molecule has 0 aliphatic rings. The summed E-state index contributed by atoms with van der Waals surface area (Å²) in [6.45, 7) is 8.93. The van der Waals surface area contributed by atoms with Crippen molar-refractivity contribution in [2.75, 3.05) is 0 Å². The highest BCUT2D eigenvalue weighted by Crippen LogP contribution is 2.38. The average molecular weight is 305 g/mol. The summed E-state index contributed by atoms with van der Waals surface area (Å²) in [6, 6.07) is 14.6. The van der Waals surface area contributed by atoms with E-state index in [1.807, 2.05) is 18.2 Å². The van der Waals surface area contributed by atoms with Gasteiger partial charge in [0.2, 0.25) is 0 Å². The Bertz CT molecular complexity index is 855. The van der Waals surface area contributed by atoms with Crippen molar-refractivity contribution in [1.82, 2.24) is 4.98 Å². The summed E-state index contributed by atoms with van der Waals surface area (Å²) in [5.74, 6) is 0.893. The summed E-state index contributed by atoms with van der Waals surface area (Å²) < 4.78 is 0. The number of aldehydes is 1. The number of rotatable bonds is 4. The topological polar surface area (TPSA) is 32.9 Å². The van der Waals surface area contributed by atoms with Gasteiger partial charge in [-0.15, -0.1) is 0 Å². The normalized spacial score (nSPS) is 11.6. The first-order chi connectivity index (χ1) is 11.0. The second-order valence-electron chi connectivity index (χ2n) is 6.69. The highest BCUT2D eigenvalue weighted by Gasteiger charge is 2.19. The third-order valence-corrected chi connectivity index (χ3v) is 4.47. The molecule has 118 valence electrons. The number of aromatic nitrogens is 1. The fourth-order valence-corrected chi connectivity index (χ4v) is 3.46. The van der Waals surface area contributed by atoms with E-state index in [-0.39, 0.29) is 0 Å². The second kappa shape index (κ2) is 6.04. The highest BCUT2D eigenvalue weighted by atomic mass is 16.1. The molecular weight excluding hydrogens is 282 g/mol. The molecule has 2 nitrogen and oxygen atoms in total. The van der Waals surface area contributed by atoms with E-state index >= 15 is 0 Å². The van der Waals surface area contributed by atoms with Crippen LogP contribution >= 0.6 is 0 Å². The van der Waals surface area contributed by atoms with Crippen molar-refractivity contribution < 1.29 is 4.79 Å². The maximum atomic E-state index is 11.4. The Morgan fingerprint density at radius 1 is 0.870 bits per heavy atom. The monoisotopic (exact) mass is 305 g/mol. The second-order valence-corrected chi connectivity index (χ2v) is 6.69. The molecule has 0 fully saturated rings. The van der Waals surface area contributed by atoms with Gasteiger partial charge in [-0.3, -0.25) is 4.79 Å². The molecule has 3 rings (SSSR count). The summed E-state index contributed by atoms with van der Waals surface area (Å²) in [6.07, 6.45) is 0.910. The zero-order valence-corrected chi connectivity index (χ0v) is 14.2. The number of H-pyrrole nitrogens is 1. The van der Waals surface area contributed by atoms with Crippen LogP contribution in [-0.2, 0) is 0 Å². The summed E-state index contributed by atoms with van der Waals surface area (Å²) in [4.78, 5) is 14.8. The van der Waals surface area contributed by atoms with Crippen molar-refractivity contribution in [3.8, 4) is 11.3 Å². The lowest BCUT2D eigenvalue weighted by Crippen LogP contribution is -2.01. The molecule has 3 aromatic rings. The van der Waals surface area contributed by atoms with Crippen LogP contribution in [0.5, 0.6) is 0 Å². The summed E-state index contributed by atoms with van der Waals surface area (Å²) >= 11 is 0. The van der Waals surface area contributed by atoms with Gasteiger partial charge in [-0.1, -0.05) is 70.2 Å². The van der Waals surface area contributed by atoms with Crippen LogP contribution in [0.15, 0.2) is 42.5 Å². The number of carbonyl (C=O) groups excluding carboxylic acids is 1. The Morgan fingerprint density at radius 2 is 1.57 bits per heavy atom. The quantitative estimate of drug-likeness (QED) is 0.598. The maximum absolute atomic E-state index is 11.4. The van der Waals surface area contributed by atoms with Crippen LogP contribution < -0.4 is 0 Å². The average Bonchev–Trinajstić information content (AvgIpc) is 2.92. The molecule has 0 aliphatic carbocycles. The smallest absolute Gasteiger partial charge is 0.166 e. The number of nitrogens with one attached hydrogen (secondary N) is 1. The van der Waals surface area contributed by atoms with Crippen molar-refractivity contribution in [3.63, 3.8) is 0 Å². The molecule has 0 spiro atoms. The lowest BCUT2D eigenvalue weighted by atomic mass is 9.85. The predicted octanol–water partition coefficient (Wildman–Crippen LogP) is 5.89. The Balaban J connectivity index is 2.36. The molecule has 0 atom stereocenters. The molecule has 1 N–H and O–H groups in total. The number of hydrogen-bond donors (Lipinski definition) is 1. The third-order valence-electron chi connectivity index (χ3n) is 4.47. The molecule has 0 amide bonds. The number of fused-ring (bicyclic) bond motifs is 1. The van der Waals surface area contributed by atoms with E-state index in [1.165, 1.54) is 16.7 Å². The molecule has 0 saturated heterocycles. The van der Waals surface area contributed by atoms with E-state index in [9.17, 15) is 4.79 Å². The standard InChI is InChI=1S/C21H23NO/c1-13(2)15-10-7-11-18(20(15)14(3)4)21-17-9-6-5-8-16(17)19(12-23)22-21/h5-14,22H,1-4H3. The van der Waals surface area contributed by atoms with E-state index < -0.39 is 0 Å². The van der Waals surface area contributed by atoms with Gasteiger partial charge in [0.05, 0.1) is 11.4 Å². The molecule has 0 saturated carbocycles. The summed E-state index contributed by atoms with van der Waals surface area (Å²) in [5, 5.41) is 2.10. The number of carbonyl (C=O) groups is 1. The van der Waals surface area contributed by atoms with Crippen LogP contribution in [0.1, 0.15) is 61.1 Å². The lowest BCUT2D eigenvalue weighted by Gasteiger charge is -2.20. The largest absolute Gasteiger partial charge is 0.351 e. The van der Waals surface area contributed by atoms with Crippen LogP contribution in [0.3, 0.4) is 0 Å². The fraction of sp³-hybridized carbons (Fsp3) is 0.286. The molecule has 0 aliphatic heterocycles. The van der Waals surface area contributed by atoms with Crippen LogP contribution in [0.2, 0.25) is 0 Å². The third kappa shape index (κ3) is 2.59. The highest BCUT2D eigenvalue weighted by molar-refractivity contribution is 6.05. The fourth-order valence-electron chi connectivity index (χ4n) is 3.46. The molecule has 0 radical (unpaired) electrons. The van der Waals surface area contributed by atoms with Gasteiger partial charge in [0.15, 0.2) is 6.29 Å². The van der Waals surface area contributed by atoms with Crippen LogP contribution in [0.4, 0.5) is 0 Å². The van der Waals surface area contributed by atoms with E-state index in [1.54, 1.807) is 0 Å². The summed E-state index contributed by atoms with van der Waals surface area (Å²) in [5.41, 5.74) is 5.65. The van der Waals surface area contributed by atoms with Crippen molar-refractivity contribution in [1.29, 1.82) is 0 Å². The predicted molar refractivity (Wildman–Crippen MR) is 97.3 cm³/mol. The number of hydrogen-bond acceptors (Lipinski definition) is 1. The van der Waals surface area contributed by atoms with Crippen LogP contribution in [0.25, 0.3) is 22.0 Å². The van der Waals surface area contributed by atoms with Crippen molar-refractivity contribution in [2.45, 2.75) is 39.5 Å². The van der Waals surface area contributed by atoms with Gasteiger partial charge in [-0.05, 0) is 23.0 Å². The minimum Gasteiger partial charge on any atom is -0.351 e. The zero-order valence-electron chi connectivity index (χ0n) is 14.2. The molecule has 1 heterocycles. The first kappa shape index (κ1) is 15.5. The number of benzene rings is 2. The van der Waals surface area contributed by atoms with E-state index in [2.05, 4.69) is 56.9 Å². The first-order valence-electron chi connectivity index (χ1n) is 8.23. The Hall–Kier alpha value is -2.35. The van der Waals surface area contributed by atoms with Gasteiger partial charge in [-0.2, -0.15) is 0 Å². The number of aromatic amines is 1. The minimum absolute atomic E-state index is 0.422. The molecule has 2 heteroatoms. The zero-order chi connectivity index (χ0) is 16.6. The summed E-state index contributed by atoms with van der Waals surface area (Å²) in [7, 11) is 0. The van der Waals surface area contributed by atoms with Gasteiger partial charge < -0.3 is 4.98 Å².